The van der Waals surface area contributed by atoms with Crippen molar-refractivity contribution < 1.29 is 19.1 Å². The lowest BCUT2D eigenvalue weighted by atomic mass is 10.1. The van der Waals surface area contributed by atoms with E-state index in [0.29, 0.717) is 17.0 Å². The zero-order valence-corrected chi connectivity index (χ0v) is 14.3. The third-order valence-electron chi connectivity index (χ3n) is 3.59. The van der Waals surface area contributed by atoms with Crippen LogP contribution in [0.15, 0.2) is 42.5 Å². The molecule has 1 N–H and O–H groups in total. The Morgan fingerprint density at radius 3 is 2.50 bits per heavy atom. The lowest BCUT2D eigenvalue weighted by Gasteiger charge is -2.16. The van der Waals surface area contributed by atoms with Gasteiger partial charge < -0.3 is 14.8 Å². The maximum absolute atomic E-state index is 12.4. The second-order valence-electron chi connectivity index (χ2n) is 5.59. The van der Waals surface area contributed by atoms with Crippen LogP contribution >= 0.6 is 0 Å². The van der Waals surface area contributed by atoms with Crippen LogP contribution in [0.1, 0.15) is 28.4 Å². The number of anilines is 1. The van der Waals surface area contributed by atoms with Crippen LogP contribution in [-0.4, -0.2) is 25.1 Å². The molecule has 0 unspecified atom stereocenters. The van der Waals surface area contributed by atoms with Crippen molar-refractivity contribution in [2.24, 2.45) is 0 Å². The van der Waals surface area contributed by atoms with Crippen molar-refractivity contribution in [2.75, 3.05) is 12.4 Å². The third kappa shape index (κ3) is 4.35. The summed E-state index contributed by atoms with van der Waals surface area (Å²) in [6.07, 6.45) is -0.673. The van der Waals surface area contributed by atoms with Gasteiger partial charge in [0.25, 0.3) is 5.91 Å². The average molecular weight is 327 g/mol. The van der Waals surface area contributed by atoms with Crippen molar-refractivity contribution in [1.29, 1.82) is 0 Å². The number of hydrogen-bond donors (Lipinski definition) is 1. The molecule has 0 radical (unpaired) electrons. The van der Waals surface area contributed by atoms with Gasteiger partial charge in [-0.25, -0.2) is 4.79 Å². The zero-order valence-electron chi connectivity index (χ0n) is 14.3. The summed E-state index contributed by atoms with van der Waals surface area (Å²) in [6.45, 7) is 5.49. The molecule has 0 spiro atoms. The summed E-state index contributed by atoms with van der Waals surface area (Å²) in [4.78, 5) is 24.0. The number of methoxy groups -OCH3 is 1. The summed E-state index contributed by atoms with van der Waals surface area (Å²) in [5.74, 6) is -0.103. The maximum Gasteiger partial charge on any atom is 0.337 e. The highest BCUT2D eigenvalue weighted by Gasteiger charge is 2.17. The highest BCUT2D eigenvalue weighted by atomic mass is 16.5. The van der Waals surface area contributed by atoms with Gasteiger partial charge in [0.2, 0.25) is 0 Å². The van der Waals surface area contributed by atoms with Crippen LogP contribution in [0.2, 0.25) is 0 Å². The van der Waals surface area contributed by atoms with Crippen LogP contribution in [0, 0.1) is 13.8 Å². The fraction of sp³-hybridized carbons (Fsp3) is 0.263. The molecular weight excluding hydrogens is 306 g/mol. The van der Waals surface area contributed by atoms with E-state index in [1.807, 2.05) is 32.0 Å². The van der Waals surface area contributed by atoms with Crippen LogP contribution < -0.4 is 10.1 Å². The van der Waals surface area contributed by atoms with Crippen molar-refractivity contribution in [3.8, 4) is 5.75 Å². The van der Waals surface area contributed by atoms with Crippen LogP contribution in [-0.2, 0) is 9.53 Å². The molecule has 0 saturated carbocycles. The van der Waals surface area contributed by atoms with Crippen LogP contribution in [0.5, 0.6) is 5.75 Å². The normalized spacial score (nSPS) is 11.5. The molecule has 24 heavy (non-hydrogen) atoms. The third-order valence-corrected chi connectivity index (χ3v) is 3.59. The Kier molecular flexibility index (Phi) is 5.58. The minimum Gasteiger partial charge on any atom is -0.481 e. The number of aryl methyl sites for hydroxylation is 2. The molecule has 0 aliphatic heterocycles. The largest absolute Gasteiger partial charge is 0.481 e. The number of benzene rings is 2. The molecule has 0 fully saturated rings. The monoisotopic (exact) mass is 327 g/mol. The summed E-state index contributed by atoms with van der Waals surface area (Å²) in [5.41, 5.74) is 2.84. The molecule has 5 heteroatoms. The first-order valence-electron chi connectivity index (χ1n) is 7.64. The number of nitrogens with one attached hydrogen (secondary N) is 1. The van der Waals surface area contributed by atoms with Gasteiger partial charge in [-0.2, -0.15) is 0 Å². The van der Waals surface area contributed by atoms with E-state index in [-0.39, 0.29) is 5.91 Å². The van der Waals surface area contributed by atoms with E-state index in [2.05, 4.69) is 5.32 Å². The number of hydrogen-bond acceptors (Lipinski definition) is 4. The van der Waals surface area contributed by atoms with Gasteiger partial charge in [0.15, 0.2) is 6.10 Å². The molecule has 1 amide bonds. The van der Waals surface area contributed by atoms with Gasteiger partial charge in [-0.05, 0) is 56.2 Å². The van der Waals surface area contributed by atoms with Crippen molar-refractivity contribution in [2.45, 2.75) is 26.9 Å². The predicted molar refractivity (Wildman–Crippen MR) is 92.4 cm³/mol. The van der Waals surface area contributed by atoms with Gasteiger partial charge in [0, 0.05) is 5.69 Å². The number of rotatable bonds is 5. The van der Waals surface area contributed by atoms with Crippen molar-refractivity contribution in [1.82, 2.24) is 0 Å². The maximum atomic E-state index is 12.4. The van der Waals surface area contributed by atoms with Gasteiger partial charge in [-0.3, -0.25) is 4.79 Å². The second-order valence-corrected chi connectivity index (χ2v) is 5.59. The lowest BCUT2D eigenvalue weighted by molar-refractivity contribution is -0.122. The Morgan fingerprint density at radius 2 is 1.83 bits per heavy atom. The van der Waals surface area contributed by atoms with Gasteiger partial charge in [0.1, 0.15) is 5.75 Å². The molecule has 126 valence electrons. The number of carbonyl (C=O) groups is 2. The molecule has 0 aromatic heterocycles. The molecule has 0 aliphatic carbocycles. The Labute approximate surface area is 141 Å². The molecule has 0 aliphatic rings. The van der Waals surface area contributed by atoms with Crippen LogP contribution in [0.3, 0.4) is 0 Å². The summed E-state index contributed by atoms with van der Waals surface area (Å²) in [6, 6.07) is 12.5. The fourth-order valence-electron chi connectivity index (χ4n) is 2.18. The summed E-state index contributed by atoms with van der Waals surface area (Å²) in [5, 5.41) is 2.79. The molecule has 5 nitrogen and oxygen atoms in total. The molecule has 2 aromatic rings. The Hall–Kier alpha value is -2.82. The first kappa shape index (κ1) is 17.5. The quantitative estimate of drug-likeness (QED) is 0.854. The molecule has 0 bridgehead atoms. The van der Waals surface area contributed by atoms with Crippen LogP contribution in [0.4, 0.5) is 5.69 Å². The first-order chi connectivity index (χ1) is 11.4. The Morgan fingerprint density at radius 1 is 1.08 bits per heavy atom. The van der Waals surface area contributed by atoms with E-state index >= 15 is 0 Å². The topological polar surface area (TPSA) is 64.6 Å². The molecule has 0 heterocycles. The van der Waals surface area contributed by atoms with Gasteiger partial charge >= 0.3 is 5.97 Å². The van der Waals surface area contributed by atoms with E-state index in [1.54, 1.807) is 31.2 Å². The smallest absolute Gasteiger partial charge is 0.337 e. The lowest BCUT2D eigenvalue weighted by Crippen LogP contribution is -2.30. The highest BCUT2D eigenvalue weighted by Crippen LogP contribution is 2.19. The Bertz CT molecular complexity index is 755. The summed E-state index contributed by atoms with van der Waals surface area (Å²) >= 11 is 0. The van der Waals surface area contributed by atoms with Crippen molar-refractivity contribution in [3.63, 3.8) is 0 Å². The van der Waals surface area contributed by atoms with E-state index < -0.39 is 12.1 Å². The molecule has 1 atom stereocenters. The summed E-state index contributed by atoms with van der Waals surface area (Å²) in [7, 11) is 1.32. The van der Waals surface area contributed by atoms with Crippen molar-refractivity contribution >= 4 is 17.6 Å². The van der Waals surface area contributed by atoms with Gasteiger partial charge in [-0.15, -0.1) is 0 Å². The number of ether oxygens (including phenoxy) is 2. The molecule has 2 rings (SSSR count). The SMILES string of the molecule is COC(=O)c1ccc(C)c(NC(=O)[C@H](C)Oc2cccc(C)c2)c1. The van der Waals surface area contributed by atoms with Gasteiger partial charge in [-0.1, -0.05) is 18.2 Å². The van der Waals surface area contributed by atoms with Crippen LogP contribution in [0.25, 0.3) is 0 Å². The van der Waals surface area contributed by atoms with E-state index in [1.165, 1.54) is 7.11 Å². The Balaban J connectivity index is 2.09. The number of amides is 1. The number of carbonyl (C=O) groups excluding carboxylic acids is 2. The average Bonchev–Trinajstić information content (AvgIpc) is 2.56. The molecular formula is C19H21NO4. The fourth-order valence-corrected chi connectivity index (χ4v) is 2.18. The highest BCUT2D eigenvalue weighted by molar-refractivity contribution is 5.97. The minimum absolute atomic E-state index is 0.290. The number of esters is 1. The second kappa shape index (κ2) is 7.64. The van der Waals surface area contributed by atoms with Gasteiger partial charge in [0.05, 0.1) is 12.7 Å². The first-order valence-corrected chi connectivity index (χ1v) is 7.64. The van der Waals surface area contributed by atoms with E-state index in [0.717, 1.165) is 11.1 Å². The summed E-state index contributed by atoms with van der Waals surface area (Å²) < 4.78 is 10.4. The molecule has 2 aromatic carbocycles. The van der Waals surface area contributed by atoms with E-state index in [9.17, 15) is 9.59 Å². The molecule has 0 saturated heterocycles. The predicted octanol–water partition coefficient (Wildman–Crippen LogP) is 3.50. The standard InChI is InChI=1S/C19H21NO4/c1-12-6-5-7-16(10-12)24-14(3)18(21)20-17-11-15(19(22)23-4)9-8-13(17)2/h5-11,14H,1-4H3,(H,20,21)/t14-/m0/s1. The van der Waals surface area contributed by atoms with E-state index in [4.69, 9.17) is 9.47 Å². The zero-order chi connectivity index (χ0) is 17.7. The van der Waals surface area contributed by atoms with Crippen molar-refractivity contribution in [3.05, 3.63) is 59.2 Å². The minimum atomic E-state index is -0.673.